The van der Waals surface area contributed by atoms with E-state index in [1.165, 1.54) is 0 Å². The predicted molar refractivity (Wildman–Crippen MR) is 110 cm³/mol. The van der Waals surface area contributed by atoms with E-state index >= 15 is 0 Å². The summed E-state index contributed by atoms with van der Waals surface area (Å²) in [5, 5.41) is 10.3. The van der Waals surface area contributed by atoms with Crippen molar-refractivity contribution in [3.8, 4) is 5.75 Å². The number of aliphatic hydroxyl groups excluding tert-OH is 1. The number of hydrogen-bond donors (Lipinski definition) is 1. The van der Waals surface area contributed by atoms with Crippen molar-refractivity contribution >= 4 is 6.08 Å². The Morgan fingerprint density at radius 2 is 1.93 bits per heavy atom. The lowest BCUT2D eigenvalue weighted by Crippen LogP contribution is -2.57. The van der Waals surface area contributed by atoms with Gasteiger partial charge in [0.1, 0.15) is 18.5 Å². The van der Waals surface area contributed by atoms with Crippen molar-refractivity contribution in [1.29, 1.82) is 0 Å². The largest absolute Gasteiger partial charge is 0.491 e. The van der Waals surface area contributed by atoms with Gasteiger partial charge in [0, 0.05) is 32.7 Å². The standard InChI is InChI=1S/C22H31F3N2O3/c1-2-3-4-5-17-10-18(22(23,24)25)12-21(11-17)30-16-20(28)13-26-6-8-27(9-7-26)19-14-29-15-19/h4-5,10-12,19-20,28H,2-3,6-9,13-16H2,1H3/b5-4+. The van der Waals surface area contributed by atoms with E-state index in [1.807, 2.05) is 13.0 Å². The number of hydrogen-bond acceptors (Lipinski definition) is 5. The number of halogens is 3. The molecule has 8 heteroatoms. The zero-order valence-corrected chi connectivity index (χ0v) is 17.4. The fraction of sp³-hybridized carbons (Fsp3) is 0.636. The minimum absolute atomic E-state index is 0.0455. The van der Waals surface area contributed by atoms with E-state index in [0.717, 1.165) is 64.4 Å². The number of nitrogens with zero attached hydrogens (tertiary/aromatic N) is 2. The third-order valence-corrected chi connectivity index (χ3v) is 5.48. The number of aliphatic hydroxyl groups is 1. The highest BCUT2D eigenvalue weighted by Crippen LogP contribution is 2.33. The Morgan fingerprint density at radius 3 is 2.53 bits per heavy atom. The molecule has 0 amide bonds. The molecular formula is C22H31F3N2O3. The number of β-amino-alcohol motifs (C(OH)–C–C–N with tert-alkyl or cyclic N) is 1. The molecule has 168 valence electrons. The highest BCUT2D eigenvalue weighted by molar-refractivity contribution is 5.54. The lowest BCUT2D eigenvalue weighted by atomic mass is 10.1. The van der Waals surface area contributed by atoms with E-state index in [4.69, 9.17) is 9.47 Å². The van der Waals surface area contributed by atoms with E-state index in [1.54, 1.807) is 12.1 Å². The summed E-state index contributed by atoms with van der Waals surface area (Å²) < 4.78 is 50.4. The van der Waals surface area contributed by atoms with Gasteiger partial charge in [0.05, 0.1) is 24.8 Å². The molecule has 5 nitrogen and oxygen atoms in total. The summed E-state index contributed by atoms with van der Waals surface area (Å²) in [7, 11) is 0. The lowest BCUT2D eigenvalue weighted by Gasteiger charge is -2.42. The summed E-state index contributed by atoms with van der Waals surface area (Å²) >= 11 is 0. The maximum Gasteiger partial charge on any atom is 0.416 e. The second-order valence-electron chi connectivity index (χ2n) is 7.97. The molecule has 2 heterocycles. The molecule has 0 saturated carbocycles. The summed E-state index contributed by atoms with van der Waals surface area (Å²) in [5.74, 6) is 0.120. The van der Waals surface area contributed by atoms with Gasteiger partial charge in [-0.15, -0.1) is 0 Å². The van der Waals surface area contributed by atoms with Gasteiger partial charge < -0.3 is 14.6 Å². The van der Waals surface area contributed by atoms with Crippen LogP contribution in [0.4, 0.5) is 13.2 Å². The van der Waals surface area contributed by atoms with Crippen LogP contribution in [0.15, 0.2) is 24.3 Å². The normalized spacial score (nSPS) is 20.4. The molecule has 1 aromatic carbocycles. The number of unbranched alkanes of at least 4 members (excludes halogenated alkanes) is 1. The Hall–Kier alpha value is -1.61. The maximum absolute atomic E-state index is 13.2. The van der Waals surface area contributed by atoms with Crippen LogP contribution in [0.2, 0.25) is 0 Å². The van der Waals surface area contributed by atoms with E-state index in [2.05, 4.69) is 9.80 Å². The third-order valence-electron chi connectivity index (χ3n) is 5.48. The average molecular weight is 428 g/mol. The van der Waals surface area contributed by atoms with Crippen LogP contribution in [-0.2, 0) is 10.9 Å². The minimum Gasteiger partial charge on any atom is -0.491 e. The average Bonchev–Trinajstić information content (AvgIpc) is 2.66. The zero-order chi connectivity index (χ0) is 21.6. The van der Waals surface area contributed by atoms with E-state index < -0.39 is 17.8 Å². The summed E-state index contributed by atoms with van der Waals surface area (Å²) in [6, 6.07) is 4.20. The van der Waals surface area contributed by atoms with Gasteiger partial charge in [-0.05, 0) is 30.2 Å². The zero-order valence-electron chi connectivity index (χ0n) is 17.4. The topological polar surface area (TPSA) is 45.2 Å². The molecule has 3 rings (SSSR count). The number of alkyl halides is 3. The molecular weight excluding hydrogens is 397 g/mol. The van der Waals surface area contributed by atoms with Crippen molar-refractivity contribution in [3.05, 3.63) is 35.4 Å². The van der Waals surface area contributed by atoms with Crippen LogP contribution in [0.5, 0.6) is 5.75 Å². The first-order valence-corrected chi connectivity index (χ1v) is 10.6. The fourth-order valence-electron chi connectivity index (χ4n) is 3.64. The van der Waals surface area contributed by atoms with Gasteiger partial charge in [0.2, 0.25) is 0 Å². The van der Waals surface area contributed by atoms with Gasteiger partial charge in [-0.25, -0.2) is 0 Å². The van der Waals surface area contributed by atoms with Crippen molar-refractivity contribution < 1.29 is 27.8 Å². The van der Waals surface area contributed by atoms with E-state index in [0.29, 0.717) is 18.2 Å². The third kappa shape index (κ3) is 6.70. The molecule has 2 aliphatic heterocycles. The monoisotopic (exact) mass is 428 g/mol. The Morgan fingerprint density at radius 1 is 1.20 bits per heavy atom. The van der Waals surface area contributed by atoms with Gasteiger partial charge in [0.25, 0.3) is 0 Å². The van der Waals surface area contributed by atoms with Crippen LogP contribution >= 0.6 is 0 Å². The Kier molecular flexibility index (Phi) is 8.16. The second-order valence-corrected chi connectivity index (χ2v) is 7.97. The molecule has 0 aliphatic carbocycles. The molecule has 1 N–H and O–H groups in total. The number of rotatable bonds is 9. The van der Waals surface area contributed by atoms with Crippen molar-refractivity contribution in [2.75, 3.05) is 52.5 Å². The molecule has 0 spiro atoms. The predicted octanol–water partition coefficient (Wildman–Crippen LogP) is 3.27. The van der Waals surface area contributed by atoms with Crippen molar-refractivity contribution in [3.63, 3.8) is 0 Å². The van der Waals surface area contributed by atoms with Crippen molar-refractivity contribution in [2.45, 2.75) is 38.1 Å². The number of ether oxygens (including phenoxy) is 2. The molecule has 2 aliphatic rings. The summed E-state index contributed by atoms with van der Waals surface area (Å²) in [6.07, 6.45) is 0.0337. The summed E-state index contributed by atoms with van der Waals surface area (Å²) in [6.45, 7) is 7.56. The molecule has 30 heavy (non-hydrogen) atoms. The quantitative estimate of drug-likeness (QED) is 0.654. The number of piperazine rings is 1. The molecule has 0 bridgehead atoms. The highest BCUT2D eigenvalue weighted by atomic mass is 19.4. The van der Waals surface area contributed by atoms with Crippen LogP contribution in [0.3, 0.4) is 0 Å². The fourth-order valence-corrected chi connectivity index (χ4v) is 3.64. The molecule has 1 atom stereocenters. The number of benzene rings is 1. The van der Waals surface area contributed by atoms with Crippen molar-refractivity contribution in [1.82, 2.24) is 9.80 Å². The Bertz CT molecular complexity index is 699. The summed E-state index contributed by atoms with van der Waals surface area (Å²) in [4.78, 5) is 4.56. The smallest absolute Gasteiger partial charge is 0.416 e. The maximum atomic E-state index is 13.2. The molecule has 1 aromatic rings. The van der Waals surface area contributed by atoms with Crippen LogP contribution in [0, 0.1) is 0 Å². The molecule has 2 fully saturated rings. The number of allylic oxidation sites excluding steroid dienone is 1. The second kappa shape index (κ2) is 10.6. The first kappa shape index (κ1) is 23.1. The SMILES string of the molecule is CCC/C=C/c1cc(OCC(O)CN2CCN(C3COC3)CC2)cc(C(F)(F)F)c1. The van der Waals surface area contributed by atoms with Crippen molar-refractivity contribution in [2.24, 2.45) is 0 Å². The van der Waals surface area contributed by atoms with Crippen LogP contribution in [0.25, 0.3) is 6.08 Å². The molecule has 1 unspecified atom stereocenters. The van der Waals surface area contributed by atoms with Gasteiger partial charge >= 0.3 is 6.18 Å². The van der Waals surface area contributed by atoms with Gasteiger partial charge in [-0.2, -0.15) is 13.2 Å². The molecule has 0 aromatic heterocycles. The lowest BCUT2D eigenvalue weighted by molar-refractivity contribution is -0.137. The van der Waals surface area contributed by atoms with Crippen LogP contribution < -0.4 is 4.74 Å². The molecule has 2 saturated heterocycles. The van der Waals surface area contributed by atoms with Crippen LogP contribution in [-0.4, -0.2) is 79.6 Å². The van der Waals surface area contributed by atoms with Gasteiger partial charge in [0.15, 0.2) is 0 Å². The Labute approximate surface area is 176 Å². The van der Waals surface area contributed by atoms with Gasteiger partial charge in [-0.1, -0.05) is 25.5 Å². The van der Waals surface area contributed by atoms with E-state index in [9.17, 15) is 18.3 Å². The molecule has 0 radical (unpaired) electrons. The van der Waals surface area contributed by atoms with E-state index in [-0.39, 0.29) is 12.4 Å². The summed E-state index contributed by atoms with van der Waals surface area (Å²) in [5.41, 5.74) is -0.305. The van der Waals surface area contributed by atoms with Crippen LogP contribution in [0.1, 0.15) is 30.9 Å². The minimum atomic E-state index is -4.45. The highest BCUT2D eigenvalue weighted by Gasteiger charge is 2.32. The van der Waals surface area contributed by atoms with Gasteiger partial charge in [-0.3, -0.25) is 9.80 Å². The first-order chi connectivity index (χ1) is 14.3. The first-order valence-electron chi connectivity index (χ1n) is 10.6. The Balaban J connectivity index is 1.51.